The van der Waals surface area contributed by atoms with E-state index in [0.29, 0.717) is 11.1 Å². The minimum absolute atomic E-state index is 0.543. The van der Waals surface area contributed by atoms with Crippen molar-refractivity contribution in [1.29, 1.82) is 0 Å². The van der Waals surface area contributed by atoms with Gasteiger partial charge >= 0.3 is 0 Å². The van der Waals surface area contributed by atoms with Crippen LogP contribution in [0.1, 0.15) is 19.4 Å². The topological polar surface area (TPSA) is 25.4 Å². The molecule has 3 nitrogen and oxygen atoms in total. The summed E-state index contributed by atoms with van der Waals surface area (Å²) in [6, 6.07) is 3.86. The van der Waals surface area contributed by atoms with Crippen molar-refractivity contribution in [3.05, 3.63) is 29.0 Å². The third-order valence-corrected chi connectivity index (χ3v) is 2.65. The van der Waals surface area contributed by atoms with Crippen LogP contribution in [-0.4, -0.2) is 36.7 Å². The number of rotatable bonds is 7. The van der Waals surface area contributed by atoms with Crippen LogP contribution in [-0.2, 0) is 11.3 Å². The van der Waals surface area contributed by atoms with Gasteiger partial charge in [0.1, 0.15) is 5.15 Å². The molecule has 0 bridgehead atoms. The maximum absolute atomic E-state index is 5.77. The maximum atomic E-state index is 5.77. The Bertz CT molecular complexity index is 314. The Morgan fingerprint density at radius 2 is 2.18 bits per heavy atom. The van der Waals surface area contributed by atoms with Crippen LogP contribution >= 0.6 is 11.6 Å². The quantitative estimate of drug-likeness (QED) is 0.702. The standard InChI is InChI=1S/C13H21ClN2O/c1-11(2)9-16(6-7-17-3)10-12-4-5-13(14)15-8-12/h4-5,8,11H,6-7,9-10H2,1-3H3. The molecule has 0 aliphatic rings. The molecule has 1 heterocycles. The number of aromatic nitrogens is 1. The van der Waals surface area contributed by atoms with Gasteiger partial charge in [-0.3, -0.25) is 4.90 Å². The first-order valence-corrected chi connectivity index (χ1v) is 6.31. The molecule has 1 aromatic rings. The Kier molecular flexibility index (Phi) is 6.48. The van der Waals surface area contributed by atoms with Crippen LogP contribution < -0.4 is 0 Å². The Morgan fingerprint density at radius 1 is 1.41 bits per heavy atom. The molecule has 17 heavy (non-hydrogen) atoms. The van der Waals surface area contributed by atoms with Crippen molar-refractivity contribution in [1.82, 2.24) is 9.88 Å². The average Bonchev–Trinajstić information content (AvgIpc) is 2.28. The van der Waals surface area contributed by atoms with Crippen molar-refractivity contribution >= 4 is 11.6 Å². The summed E-state index contributed by atoms with van der Waals surface area (Å²) in [5, 5.41) is 0.543. The lowest BCUT2D eigenvalue weighted by Gasteiger charge is -2.23. The van der Waals surface area contributed by atoms with Crippen molar-refractivity contribution in [2.75, 3.05) is 26.8 Å². The molecule has 0 N–H and O–H groups in total. The highest BCUT2D eigenvalue weighted by atomic mass is 35.5. The molecule has 1 aromatic heterocycles. The second kappa shape index (κ2) is 7.64. The molecule has 0 aliphatic carbocycles. The Labute approximate surface area is 109 Å². The summed E-state index contributed by atoms with van der Waals surface area (Å²) in [5.74, 6) is 0.645. The van der Waals surface area contributed by atoms with Crippen molar-refractivity contribution in [2.24, 2.45) is 5.92 Å². The molecule has 0 fully saturated rings. The van der Waals surface area contributed by atoms with Gasteiger partial charge in [-0.2, -0.15) is 0 Å². The van der Waals surface area contributed by atoms with E-state index in [4.69, 9.17) is 16.3 Å². The lowest BCUT2D eigenvalue weighted by molar-refractivity contribution is 0.136. The molecular weight excluding hydrogens is 236 g/mol. The van der Waals surface area contributed by atoms with Crippen molar-refractivity contribution in [3.8, 4) is 0 Å². The second-order valence-corrected chi connectivity index (χ2v) is 5.00. The molecule has 0 atom stereocenters. The first-order chi connectivity index (χ1) is 8.11. The maximum Gasteiger partial charge on any atom is 0.129 e. The zero-order valence-electron chi connectivity index (χ0n) is 10.8. The van der Waals surface area contributed by atoms with Crippen LogP contribution in [0.4, 0.5) is 0 Å². The van der Waals surface area contributed by atoms with E-state index in [0.717, 1.165) is 26.2 Å². The first-order valence-electron chi connectivity index (χ1n) is 5.93. The molecule has 4 heteroatoms. The molecule has 96 valence electrons. The van der Waals surface area contributed by atoms with Gasteiger partial charge < -0.3 is 4.74 Å². The molecule has 0 amide bonds. The summed E-state index contributed by atoms with van der Waals surface area (Å²) in [4.78, 5) is 6.47. The van der Waals surface area contributed by atoms with E-state index in [9.17, 15) is 0 Å². The zero-order chi connectivity index (χ0) is 12.7. The zero-order valence-corrected chi connectivity index (χ0v) is 11.6. The molecular formula is C13H21ClN2O. The van der Waals surface area contributed by atoms with Gasteiger partial charge in [0, 0.05) is 32.9 Å². The van der Waals surface area contributed by atoms with Crippen molar-refractivity contribution in [3.63, 3.8) is 0 Å². The summed E-state index contributed by atoms with van der Waals surface area (Å²) in [6.45, 7) is 8.10. The number of halogens is 1. The number of hydrogen-bond acceptors (Lipinski definition) is 3. The van der Waals surface area contributed by atoms with Gasteiger partial charge in [0.05, 0.1) is 6.61 Å². The van der Waals surface area contributed by atoms with Crippen molar-refractivity contribution in [2.45, 2.75) is 20.4 Å². The van der Waals surface area contributed by atoms with Gasteiger partial charge in [-0.05, 0) is 17.5 Å². The lowest BCUT2D eigenvalue weighted by atomic mass is 10.2. The van der Waals surface area contributed by atoms with Gasteiger partial charge in [-0.1, -0.05) is 31.5 Å². The largest absolute Gasteiger partial charge is 0.383 e. The predicted molar refractivity (Wildman–Crippen MR) is 71.2 cm³/mol. The molecule has 0 aliphatic heterocycles. The second-order valence-electron chi connectivity index (χ2n) is 4.61. The minimum Gasteiger partial charge on any atom is -0.383 e. The number of hydrogen-bond donors (Lipinski definition) is 0. The highest BCUT2D eigenvalue weighted by Gasteiger charge is 2.08. The average molecular weight is 257 g/mol. The van der Waals surface area contributed by atoms with E-state index in [1.165, 1.54) is 5.56 Å². The predicted octanol–water partition coefficient (Wildman–Crippen LogP) is 2.84. The van der Waals surface area contributed by atoms with Crippen LogP contribution in [0, 0.1) is 5.92 Å². The number of nitrogens with zero attached hydrogens (tertiary/aromatic N) is 2. The van der Waals surface area contributed by atoms with E-state index in [1.54, 1.807) is 7.11 Å². The molecule has 0 radical (unpaired) electrons. The fraction of sp³-hybridized carbons (Fsp3) is 0.615. The summed E-state index contributed by atoms with van der Waals surface area (Å²) >= 11 is 5.77. The molecule has 0 spiro atoms. The van der Waals surface area contributed by atoms with Gasteiger partial charge in [0.15, 0.2) is 0 Å². The highest BCUT2D eigenvalue weighted by Crippen LogP contribution is 2.09. The Hall–Kier alpha value is -0.640. The smallest absolute Gasteiger partial charge is 0.129 e. The SMILES string of the molecule is COCCN(Cc1ccc(Cl)nc1)CC(C)C. The summed E-state index contributed by atoms with van der Waals surface area (Å²) in [7, 11) is 1.73. The van der Waals surface area contributed by atoms with Crippen LogP contribution in [0.25, 0.3) is 0 Å². The van der Waals surface area contributed by atoms with E-state index >= 15 is 0 Å². The van der Waals surface area contributed by atoms with Crippen molar-refractivity contribution < 1.29 is 4.74 Å². The fourth-order valence-corrected chi connectivity index (χ4v) is 1.84. The minimum atomic E-state index is 0.543. The van der Waals surface area contributed by atoms with Crippen LogP contribution in [0.2, 0.25) is 5.15 Å². The summed E-state index contributed by atoms with van der Waals surface area (Å²) in [6.07, 6.45) is 1.84. The third-order valence-electron chi connectivity index (χ3n) is 2.43. The summed E-state index contributed by atoms with van der Waals surface area (Å²) < 4.78 is 5.13. The Morgan fingerprint density at radius 3 is 2.71 bits per heavy atom. The normalized spacial score (nSPS) is 11.4. The molecule has 0 saturated carbocycles. The first kappa shape index (κ1) is 14.4. The van der Waals surface area contributed by atoms with Gasteiger partial charge in [-0.15, -0.1) is 0 Å². The number of pyridine rings is 1. The monoisotopic (exact) mass is 256 g/mol. The van der Waals surface area contributed by atoms with Gasteiger partial charge in [0.2, 0.25) is 0 Å². The molecule has 1 rings (SSSR count). The van der Waals surface area contributed by atoms with Gasteiger partial charge in [-0.25, -0.2) is 4.98 Å². The number of ether oxygens (including phenoxy) is 1. The summed E-state index contributed by atoms with van der Waals surface area (Å²) in [5.41, 5.74) is 1.19. The van der Waals surface area contributed by atoms with E-state index in [1.807, 2.05) is 18.3 Å². The lowest BCUT2D eigenvalue weighted by Crippen LogP contribution is -2.30. The van der Waals surface area contributed by atoms with Crippen LogP contribution in [0.5, 0.6) is 0 Å². The van der Waals surface area contributed by atoms with Crippen LogP contribution in [0.15, 0.2) is 18.3 Å². The molecule has 0 aromatic carbocycles. The van der Waals surface area contributed by atoms with E-state index < -0.39 is 0 Å². The molecule has 0 unspecified atom stereocenters. The highest BCUT2D eigenvalue weighted by molar-refractivity contribution is 6.29. The van der Waals surface area contributed by atoms with E-state index in [2.05, 4.69) is 23.7 Å². The van der Waals surface area contributed by atoms with E-state index in [-0.39, 0.29) is 0 Å². The number of methoxy groups -OCH3 is 1. The fourth-order valence-electron chi connectivity index (χ4n) is 1.73. The van der Waals surface area contributed by atoms with Gasteiger partial charge in [0.25, 0.3) is 0 Å². The Balaban J connectivity index is 2.54. The molecule has 0 saturated heterocycles. The van der Waals surface area contributed by atoms with Crippen LogP contribution in [0.3, 0.4) is 0 Å². The third kappa shape index (κ3) is 6.01.